The van der Waals surface area contributed by atoms with Gasteiger partial charge in [0.25, 0.3) is 0 Å². The second-order valence-corrected chi connectivity index (χ2v) is 8.97. The van der Waals surface area contributed by atoms with E-state index < -0.39 is 88.1 Å². The molecule has 0 aliphatic heterocycles. The van der Waals surface area contributed by atoms with Crippen LogP contribution in [0.1, 0.15) is 12.8 Å². The molecule has 0 rings (SSSR count). The molecule has 0 unspecified atom stereocenters. The summed E-state index contributed by atoms with van der Waals surface area (Å²) in [6, 6.07) is -3.77. The minimum absolute atomic E-state index is 0. The summed E-state index contributed by atoms with van der Waals surface area (Å²) in [5, 5.41) is 44.0. The summed E-state index contributed by atoms with van der Waals surface area (Å²) in [5.74, 6) is -9.84. The third-order valence-electron chi connectivity index (χ3n) is 2.68. The van der Waals surface area contributed by atoms with Gasteiger partial charge in [-0.15, -0.1) is 0 Å². The Balaban J connectivity index is -0.000000112. The molecule has 0 aliphatic carbocycles. The number of amides is 2. The Labute approximate surface area is 291 Å². The zero-order valence-electron chi connectivity index (χ0n) is 19.6. The molecule has 24 heteroatoms. The van der Waals surface area contributed by atoms with E-state index >= 15 is 0 Å². The van der Waals surface area contributed by atoms with Gasteiger partial charge in [-0.05, 0) is 0 Å². The van der Waals surface area contributed by atoms with Gasteiger partial charge in [0.05, 0.1) is 24.0 Å². The maximum atomic E-state index is 10.8. The van der Waals surface area contributed by atoms with Crippen molar-refractivity contribution in [3.8, 4) is 0 Å². The minimum atomic E-state index is -4.63. The van der Waals surface area contributed by atoms with E-state index in [1.807, 2.05) is 0 Å². The van der Waals surface area contributed by atoms with Gasteiger partial charge in [0, 0.05) is 24.8 Å². The molecule has 0 aromatic heterocycles. The number of aliphatic carboxylic acids is 4. The molecule has 0 saturated carbocycles. The molecule has 184 valence electrons. The first-order valence-corrected chi connectivity index (χ1v) is 11.3. The molecule has 0 fully saturated rings. The third kappa shape index (κ3) is 33.1. The van der Waals surface area contributed by atoms with E-state index in [9.17, 15) is 58.3 Å². The van der Waals surface area contributed by atoms with Crippen molar-refractivity contribution in [2.75, 3.05) is 12.3 Å². The molecule has 18 nitrogen and oxygen atoms in total. The van der Waals surface area contributed by atoms with Gasteiger partial charge in [0.1, 0.15) is 12.3 Å². The van der Waals surface area contributed by atoms with E-state index in [0.29, 0.717) is 0 Å². The molecule has 0 spiro atoms. The van der Waals surface area contributed by atoms with Gasteiger partial charge in [0.2, 0.25) is 11.8 Å². The molecule has 0 aromatic carbocycles. The summed E-state index contributed by atoms with van der Waals surface area (Å²) >= 11 is 0. The van der Waals surface area contributed by atoms with Gasteiger partial charge in [-0.3, -0.25) is 18.7 Å². The first kappa shape index (κ1) is 50.0. The van der Waals surface area contributed by atoms with Gasteiger partial charge < -0.3 is 69.8 Å². The van der Waals surface area contributed by atoms with Crippen molar-refractivity contribution in [1.29, 1.82) is 0 Å². The summed E-state index contributed by atoms with van der Waals surface area (Å²) in [7, 11) is -9.26. The van der Waals surface area contributed by atoms with Crippen molar-refractivity contribution in [3.05, 3.63) is 0 Å². The maximum absolute atomic E-state index is 10.8. The zero-order valence-corrected chi connectivity index (χ0v) is 29.4. The Hall–Kier alpha value is 1.12. The van der Waals surface area contributed by atoms with Gasteiger partial charge in [-0.1, -0.05) is 0 Å². The molecular formula is C12H16N2Na4O16P2. The summed E-state index contributed by atoms with van der Waals surface area (Å²) in [6.07, 6.45) is -4.56. The van der Waals surface area contributed by atoms with Crippen LogP contribution in [-0.4, -0.2) is 79.7 Å². The van der Waals surface area contributed by atoms with E-state index in [0.717, 1.165) is 0 Å². The van der Waals surface area contributed by atoms with Crippen LogP contribution in [0.2, 0.25) is 0 Å². The predicted molar refractivity (Wildman–Crippen MR) is 86.9 cm³/mol. The number of rotatable bonds is 12. The van der Waals surface area contributed by atoms with Crippen LogP contribution in [0.4, 0.5) is 0 Å². The molecule has 0 aromatic rings. The van der Waals surface area contributed by atoms with Gasteiger partial charge in [-0.25, -0.2) is 0 Å². The van der Waals surface area contributed by atoms with Crippen LogP contribution in [0.5, 0.6) is 0 Å². The summed E-state index contributed by atoms with van der Waals surface area (Å²) in [4.78, 5) is 96.0. The molecule has 0 aliphatic rings. The number of carboxylic acids is 4. The Kier molecular flexibility index (Phi) is 33.3. The largest absolute Gasteiger partial charge is 1.00 e. The fourth-order valence-electron chi connectivity index (χ4n) is 1.57. The van der Waals surface area contributed by atoms with E-state index in [1.165, 1.54) is 0 Å². The zero-order chi connectivity index (χ0) is 25.9. The predicted octanol–water partition coefficient (Wildman–Crippen LogP) is -20.9. The van der Waals surface area contributed by atoms with Crippen molar-refractivity contribution in [1.82, 2.24) is 10.6 Å². The number of hydrogen-bond donors (Lipinski definition) is 6. The summed E-state index contributed by atoms with van der Waals surface area (Å²) in [5.41, 5.74) is 0. The molecule has 2 amide bonds. The monoisotopic (exact) mass is 598 g/mol. The standard InChI is InChI=1S/2C6H10NO8P.4Na/c2*8-4(2-16(13,14)15)7-3(6(11)12)1-5(9)10;;;;/h2*3H,1-2H2,(H,7,8)(H,9,10)(H,11,12)(H2,13,14,15);;;;/q;;4*+1/p-4/t2*3-;;;;/m00..../s1. The van der Waals surface area contributed by atoms with Crippen LogP contribution >= 0.6 is 15.2 Å². The summed E-state index contributed by atoms with van der Waals surface area (Å²) < 4.78 is 20.7. The Bertz CT molecular complexity index is 779. The van der Waals surface area contributed by atoms with Crippen LogP contribution in [-0.2, 0) is 37.9 Å². The van der Waals surface area contributed by atoms with E-state index in [1.54, 1.807) is 10.6 Å². The van der Waals surface area contributed by atoms with Gasteiger partial charge in [0.15, 0.2) is 0 Å². The number of carboxylic acid groups (broad SMARTS) is 4. The Morgan fingerprint density at radius 1 is 0.583 bits per heavy atom. The average Bonchev–Trinajstić information content (AvgIpc) is 2.49. The van der Waals surface area contributed by atoms with Crippen molar-refractivity contribution >= 4 is 50.9 Å². The Morgan fingerprint density at radius 2 is 0.806 bits per heavy atom. The smallest absolute Gasteiger partial charge is 0.550 e. The van der Waals surface area contributed by atoms with E-state index in [2.05, 4.69) is 0 Å². The maximum Gasteiger partial charge on any atom is 1.00 e. The van der Waals surface area contributed by atoms with Crippen LogP contribution in [0.25, 0.3) is 0 Å². The molecule has 0 radical (unpaired) electrons. The van der Waals surface area contributed by atoms with Crippen LogP contribution in [0.15, 0.2) is 0 Å². The fraction of sp³-hybridized carbons (Fsp3) is 0.500. The third-order valence-corrected chi connectivity index (χ3v) is 4.08. The van der Waals surface area contributed by atoms with Gasteiger partial charge >= 0.3 is 133 Å². The topological polar surface area (TPSA) is 334 Å². The van der Waals surface area contributed by atoms with Crippen molar-refractivity contribution in [2.24, 2.45) is 0 Å². The number of carbonyl (C=O) groups is 6. The number of carbonyl (C=O) groups excluding carboxylic acids is 6. The quantitative estimate of drug-likeness (QED) is 0.0897. The van der Waals surface area contributed by atoms with Crippen LogP contribution < -0.4 is 149 Å². The van der Waals surface area contributed by atoms with Crippen LogP contribution in [0, 0.1) is 0 Å². The van der Waals surface area contributed by atoms with Crippen molar-refractivity contribution in [3.63, 3.8) is 0 Å². The molecule has 2 atom stereocenters. The van der Waals surface area contributed by atoms with E-state index in [4.69, 9.17) is 19.6 Å². The number of nitrogens with one attached hydrogen (secondary N) is 2. The molecule has 36 heavy (non-hydrogen) atoms. The Morgan fingerprint density at radius 3 is 0.944 bits per heavy atom. The number of hydrogen-bond acceptors (Lipinski definition) is 12. The van der Waals surface area contributed by atoms with Crippen molar-refractivity contribution in [2.45, 2.75) is 24.9 Å². The van der Waals surface area contributed by atoms with Crippen molar-refractivity contribution < 1.29 is 196 Å². The molecule has 6 N–H and O–H groups in total. The molecule has 0 bridgehead atoms. The molecule has 0 saturated heterocycles. The molecular weight excluding hydrogens is 582 g/mol. The molecule has 0 heterocycles. The second-order valence-electron chi connectivity index (χ2n) is 5.68. The first-order chi connectivity index (χ1) is 14.2. The summed E-state index contributed by atoms with van der Waals surface area (Å²) in [6.45, 7) is 0. The fourth-order valence-corrected chi connectivity index (χ4v) is 2.50. The SMILES string of the molecule is O=C([O-])C[C@H](NC(=O)CP(=O)(O)O)C(=O)[O-].O=C([O-])C[C@H](NC(=O)CP(=O)(O)O)C(=O)[O-].[Na+].[Na+].[Na+].[Na+]. The first-order valence-electron chi connectivity index (χ1n) is 7.72. The van der Waals surface area contributed by atoms with E-state index in [-0.39, 0.29) is 118 Å². The average molecular weight is 598 g/mol. The van der Waals surface area contributed by atoms with Crippen LogP contribution in [0.3, 0.4) is 0 Å². The minimum Gasteiger partial charge on any atom is -0.550 e. The second kappa shape index (κ2) is 24.0. The van der Waals surface area contributed by atoms with Gasteiger partial charge in [-0.2, -0.15) is 0 Å². The normalized spacial score (nSPS) is 11.4.